The molecule has 0 saturated carbocycles. The molecule has 1 unspecified atom stereocenters. The molecule has 0 spiro atoms. The standard InChI is InChI=1S/C24H44O6/c1-4-7-8-9-10-12-17-24(22(25)27-5-2,23(26)28-6-3)18-13-15-20-30-21-16-11-14-19-29-21/h21H,4-20H2,1-3H3. The van der Waals surface area contributed by atoms with Crippen LogP contribution in [0.4, 0.5) is 0 Å². The summed E-state index contributed by atoms with van der Waals surface area (Å²) in [7, 11) is 0. The Labute approximate surface area is 183 Å². The van der Waals surface area contributed by atoms with Crippen LogP contribution < -0.4 is 0 Å². The number of hydrogen-bond acceptors (Lipinski definition) is 6. The van der Waals surface area contributed by atoms with Crippen molar-refractivity contribution in [3.8, 4) is 0 Å². The second kappa shape index (κ2) is 16.5. The fourth-order valence-electron chi connectivity index (χ4n) is 3.95. The predicted molar refractivity (Wildman–Crippen MR) is 117 cm³/mol. The van der Waals surface area contributed by atoms with Gasteiger partial charge in [-0.25, -0.2) is 0 Å². The van der Waals surface area contributed by atoms with Gasteiger partial charge in [-0.2, -0.15) is 0 Å². The number of hydrogen-bond donors (Lipinski definition) is 0. The van der Waals surface area contributed by atoms with Gasteiger partial charge in [-0.15, -0.1) is 0 Å². The van der Waals surface area contributed by atoms with Crippen LogP contribution in [0.3, 0.4) is 0 Å². The van der Waals surface area contributed by atoms with Crippen molar-refractivity contribution in [2.45, 2.75) is 111 Å². The Bertz CT molecular complexity index is 441. The van der Waals surface area contributed by atoms with Gasteiger partial charge in [0.2, 0.25) is 0 Å². The van der Waals surface area contributed by atoms with E-state index in [-0.39, 0.29) is 19.5 Å². The average molecular weight is 429 g/mol. The van der Waals surface area contributed by atoms with Gasteiger partial charge in [0.05, 0.1) is 13.2 Å². The monoisotopic (exact) mass is 428 g/mol. The summed E-state index contributed by atoms with van der Waals surface area (Å²) in [5.74, 6) is -0.873. The number of unbranched alkanes of at least 4 members (excludes halogenated alkanes) is 6. The van der Waals surface area contributed by atoms with Crippen molar-refractivity contribution in [2.75, 3.05) is 26.4 Å². The van der Waals surface area contributed by atoms with Crippen molar-refractivity contribution in [3.63, 3.8) is 0 Å². The summed E-state index contributed by atoms with van der Waals surface area (Å²) in [4.78, 5) is 25.8. The minimum Gasteiger partial charge on any atom is -0.465 e. The molecular formula is C24H44O6. The quantitative estimate of drug-likeness (QED) is 0.171. The van der Waals surface area contributed by atoms with E-state index in [0.717, 1.165) is 51.6 Å². The highest BCUT2D eigenvalue weighted by Gasteiger charge is 2.47. The van der Waals surface area contributed by atoms with E-state index in [1.165, 1.54) is 19.3 Å². The number of esters is 2. The van der Waals surface area contributed by atoms with Gasteiger partial charge in [0.1, 0.15) is 0 Å². The second-order valence-electron chi connectivity index (χ2n) is 8.16. The summed E-state index contributed by atoms with van der Waals surface area (Å²) in [5.41, 5.74) is -1.20. The normalized spacial score (nSPS) is 17.0. The summed E-state index contributed by atoms with van der Waals surface area (Å²) >= 11 is 0. The summed E-state index contributed by atoms with van der Waals surface area (Å²) < 4.78 is 22.0. The van der Waals surface area contributed by atoms with Crippen molar-refractivity contribution in [1.29, 1.82) is 0 Å². The van der Waals surface area contributed by atoms with E-state index in [1.807, 2.05) is 0 Å². The Kier molecular flexibility index (Phi) is 14.8. The molecule has 0 aliphatic carbocycles. The molecule has 1 atom stereocenters. The third kappa shape index (κ3) is 9.78. The molecule has 1 aliphatic rings. The largest absolute Gasteiger partial charge is 0.465 e. The van der Waals surface area contributed by atoms with Gasteiger partial charge in [0, 0.05) is 13.2 Å². The Morgan fingerprint density at radius 1 is 0.833 bits per heavy atom. The van der Waals surface area contributed by atoms with E-state index in [2.05, 4.69) is 6.92 Å². The van der Waals surface area contributed by atoms with E-state index in [0.29, 0.717) is 25.9 Å². The first-order valence-electron chi connectivity index (χ1n) is 12.2. The fourth-order valence-corrected chi connectivity index (χ4v) is 3.95. The Balaban J connectivity index is 2.62. The van der Waals surface area contributed by atoms with Crippen LogP contribution in [0.5, 0.6) is 0 Å². The van der Waals surface area contributed by atoms with Gasteiger partial charge in [-0.05, 0) is 58.8 Å². The SMILES string of the molecule is CCCCCCCCC(CCCCOC1CCCCO1)(C(=O)OCC)C(=O)OCC. The van der Waals surface area contributed by atoms with Gasteiger partial charge in [0.15, 0.2) is 11.7 Å². The third-order valence-corrected chi connectivity index (χ3v) is 5.73. The zero-order valence-electron chi connectivity index (χ0n) is 19.5. The Morgan fingerprint density at radius 2 is 1.43 bits per heavy atom. The van der Waals surface area contributed by atoms with Gasteiger partial charge in [-0.1, -0.05) is 45.4 Å². The molecule has 0 bridgehead atoms. The molecule has 1 aliphatic heterocycles. The van der Waals surface area contributed by atoms with Crippen molar-refractivity contribution >= 4 is 11.9 Å². The maximum absolute atomic E-state index is 12.9. The number of carbonyl (C=O) groups excluding carboxylic acids is 2. The highest BCUT2D eigenvalue weighted by atomic mass is 16.7. The molecule has 0 N–H and O–H groups in total. The minimum atomic E-state index is -1.20. The predicted octanol–water partition coefficient (Wildman–Crippen LogP) is 5.56. The lowest BCUT2D eigenvalue weighted by atomic mass is 9.77. The Morgan fingerprint density at radius 3 is 2.00 bits per heavy atom. The molecule has 176 valence electrons. The molecule has 0 aromatic rings. The van der Waals surface area contributed by atoms with E-state index < -0.39 is 17.4 Å². The first-order valence-corrected chi connectivity index (χ1v) is 12.2. The lowest BCUT2D eigenvalue weighted by Gasteiger charge is -2.29. The first-order chi connectivity index (χ1) is 14.6. The van der Waals surface area contributed by atoms with E-state index in [9.17, 15) is 9.59 Å². The Hall–Kier alpha value is -1.14. The van der Waals surface area contributed by atoms with Gasteiger partial charge in [0.25, 0.3) is 0 Å². The number of rotatable bonds is 17. The molecule has 0 radical (unpaired) electrons. The zero-order chi connectivity index (χ0) is 22.1. The van der Waals surface area contributed by atoms with Crippen molar-refractivity contribution in [2.24, 2.45) is 5.41 Å². The van der Waals surface area contributed by atoms with Crippen LogP contribution in [0.25, 0.3) is 0 Å². The van der Waals surface area contributed by atoms with Crippen LogP contribution in [0.1, 0.15) is 104 Å². The molecule has 1 rings (SSSR count). The second-order valence-corrected chi connectivity index (χ2v) is 8.16. The van der Waals surface area contributed by atoms with E-state index in [4.69, 9.17) is 18.9 Å². The smallest absolute Gasteiger partial charge is 0.323 e. The molecule has 6 heteroatoms. The maximum Gasteiger partial charge on any atom is 0.323 e. The lowest BCUT2D eigenvalue weighted by Crippen LogP contribution is -2.42. The maximum atomic E-state index is 12.9. The van der Waals surface area contributed by atoms with Crippen LogP contribution in [-0.2, 0) is 28.5 Å². The van der Waals surface area contributed by atoms with E-state index in [1.54, 1.807) is 13.8 Å². The number of carbonyl (C=O) groups is 2. The molecule has 0 amide bonds. The van der Waals surface area contributed by atoms with Crippen LogP contribution in [0, 0.1) is 5.41 Å². The summed E-state index contributed by atoms with van der Waals surface area (Å²) in [6, 6.07) is 0. The van der Waals surface area contributed by atoms with Gasteiger partial charge >= 0.3 is 11.9 Å². The van der Waals surface area contributed by atoms with Crippen LogP contribution in [-0.4, -0.2) is 44.7 Å². The molecule has 6 nitrogen and oxygen atoms in total. The molecule has 1 heterocycles. The zero-order valence-corrected chi connectivity index (χ0v) is 19.5. The number of ether oxygens (including phenoxy) is 4. The molecule has 0 aromatic carbocycles. The molecule has 1 fully saturated rings. The molecule has 0 aromatic heterocycles. The van der Waals surface area contributed by atoms with Crippen molar-refractivity contribution < 1.29 is 28.5 Å². The van der Waals surface area contributed by atoms with Crippen LogP contribution >= 0.6 is 0 Å². The minimum absolute atomic E-state index is 0.109. The van der Waals surface area contributed by atoms with Crippen molar-refractivity contribution in [3.05, 3.63) is 0 Å². The first kappa shape index (κ1) is 26.9. The lowest BCUT2D eigenvalue weighted by molar-refractivity contribution is -0.174. The third-order valence-electron chi connectivity index (χ3n) is 5.73. The topological polar surface area (TPSA) is 71.1 Å². The fraction of sp³-hybridized carbons (Fsp3) is 0.917. The highest BCUT2D eigenvalue weighted by Crippen LogP contribution is 2.35. The average Bonchev–Trinajstić information content (AvgIpc) is 2.75. The summed E-state index contributed by atoms with van der Waals surface area (Å²) in [6.45, 7) is 7.60. The van der Waals surface area contributed by atoms with Crippen LogP contribution in [0.15, 0.2) is 0 Å². The van der Waals surface area contributed by atoms with Crippen molar-refractivity contribution in [1.82, 2.24) is 0 Å². The molecule has 1 saturated heterocycles. The summed E-state index contributed by atoms with van der Waals surface area (Å²) in [5, 5.41) is 0. The van der Waals surface area contributed by atoms with Gasteiger partial charge < -0.3 is 18.9 Å². The van der Waals surface area contributed by atoms with Gasteiger partial charge in [-0.3, -0.25) is 9.59 Å². The van der Waals surface area contributed by atoms with E-state index >= 15 is 0 Å². The summed E-state index contributed by atoms with van der Waals surface area (Å²) in [6.07, 6.45) is 12.1. The molecular weight excluding hydrogens is 384 g/mol. The van der Waals surface area contributed by atoms with Crippen LogP contribution in [0.2, 0.25) is 0 Å². The molecule has 30 heavy (non-hydrogen) atoms. The highest BCUT2D eigenvalue weighted by molar-refractivity contribution is 6.00.